The lowest BCUT2D eigenvalue weighted by atomic mass is 10.1. The molecule has 0 saturated carbocycles. The van der Waals surface area contributed by atoms with Gasteiger partial charge in [0, 0.05) is 17.5 Å². The summed E-state index contributed by atoms with van der Waals surface area (Å²) in [4.78, 5) is 27.7. The first-order valence-electron chi connectivity index (χ1n) is 10.9. The Morgan fingerprint density at radius 1 is 0.969 bits per heavy atom. The molecule has 32 heavy (non-hydrogen) atoms. The molecule has 5 heteroatoms. The van der Waals surface area contributed by atoms with Crippen molar-refractivity contribution in [2.75, 3.05) is 6.61 Å². The van der Waals surface area contributed by atoms with Crippen LogP contribution < -0.4 is 10.1 Å². The lowest BCUT2D eigenvalue weighted by Crippen LogP contribution is -2.53. The molecule has 0 radical (unpaired) electrons. The fraction of sp³-hybridized carbons (Fsp3) is 0.333. The van der Waals surface area contributed by atoms with Gasteiger partial charge in [-0.1, -0.05) is 66.2 Å². The lowest BCUT2D eigenvalue weighted by Gasteiger charge is -2.31. The molecule has 0 aliphatic heterocycles. The number of rotatable bonds is 7. The van der Waals surface area contributed by atoms with E-state index in [-0.39, 0.29) is 24.0 Å². The second-order valence-corrected chi connectivity index (χ2v) is 9.19. The van der Waals surface area contributed by atoms with E-state index in [0.29, 0.717) is 12.3 Å². The number of carbonyl (C=O) groups excluding carboxylic acids is 2. The minimum absolute atomic E-state index is 0.146. The SMILES string of the molecule is Cc1ccc(CN(C(=O)COc2cccc3ccccc23)[C@H](C)C(=O)NC(C)(C)C)cc1. The van der Waals surface area contributed by atoms with Crippen LogP contribution >= 0.6 is 0 Å². The van der Waals surface area contributed by atoms with E-state index >= 15 is 0 Å². The number of amides is 2. The third-order valence-electron chi connectivity index (χ3n) is 5.24. The Hall–Kier alpha value is -3.34. The maximum absolute atomic E-state index is 13.3. The fourth-order valence-electron chi connectivity index (χ4n) is 3.49. The molecule has 1 atom stereocenters. The number of hydrogen-bond acceptors (Lipinski definition) is 3. The molecule has 0 saturated heterocycles. The van der Waals surface area contributed by atoms with E-state index in [1.807, 2.05) is 94.4 Å². The molecule has 0 heterocycles. The number of nitrogens with zero attached hydrogens (tertiary/aromatic N) is 1. The second-order valence-electron chi connectivity index (χ2n) is 9.19. The van der Waals surface area contributed by atoms with Gasteiger partial charge in [0.1, 0.15) is 11.8 Å². The zero-order valence-corrected chi connectivity index (χ0v) is 19.5. The summed E-state index contributed by atoms with van der Waals surface area (Å²) in [7, 11) is 0. The molecule has 0 spiro atoms. The van der Waals surface area contributed by atoms with Gasteiger partial charge in [-0.05, 0) is 51.6 Å². The van der Waals surface area contributed by atoms with E-state index in [0.717, 1.165) is 21.9 Å². The van der Waals surface area contributed by atoms with Gasteiger partial charge in [0.2, 0.25) is 5.91 Å². The quantitative estimate of drug-likeness (QED) is 0.580. The largest absolute Gasteiger partial charge is 0.483 e. The molecule has 0 unspecified atom stereocenters. The standard InChI is InChI=1S/C27H32N2O3/c1-19-13-15-21(16-14-19)17-29(20(2)26(31)28-27(3,4)5)25(30)18-32-24-12-8-10-22-9-6-7-11-23(22)24/h6-16,20H,17-18H2,1-5H3,(H,28,31)/t20-/m1/s1. The summed E-state index contributed by atoms with van der Waals surface area (Å²) < 4.78 is 5.93. The molecule has 0 fully saturated rings. The number of ether oxygens (including phenoxy) is 1. The van der Waals surface area contributed by atoms with Crippen LogP contribution in [0.15, 0.2) is 66.7 Å². The molecule has 0 aliphatic rings. The van der Waals surface area contributed by atoms with Gasteiger partial charge in [0.05, 0.1) is 0 Å². The van der Waals surface area contributed by atoms with Crippen molar-refractivity contribution in [2.24, 2.45) is 0 Å². The maximum Gasteiger partial charge on any atom is 0.261 e. The van der Waals surface area contributed by atoms with Crippen molar-refractivity contribution >= 4 is 22.6 Å². The minimum atomic E-state index is -0.640. The monoisotopic (exact) mass is 432 g/mol. The van der Waals surface area contributed by atoms with Crippen LogP contribution in [0.25, 0.3) is 10.8 Å². The van der Waals surface area contributed by atoms with E-state index in [9.17, 15) is 9.59 Å². The topological polar surface area (TPSA) is 58.6 Å². The van der Waals surface area contributed by atoms with E-state index in [4.69, 9.17) is 4.74 Å². The molecule has 168 valence electrons. The predicted molar refractivity (Wildman–Crippen MR) is 129 cm³/mol. The van der Waals surface area contributed by atoms with Crippen LogP contribution in [-0.2, 0) is 16.1 Å². The van der Waals surface area contributed by atoms with Crippen LogP contribution in [0, 0.1) is 6.92 Å². The number of carbonyl (C=O) groups is 2. The van der Waals surface area contributed by atoms with Crippen LogP contribution in [0.3, 0.4) is 0 Å². The van der Waals surface area contributed by atoms with Crippen molar-refractivity contribution < 1.29 is 14.3 Å². The lowest BCUT2D eigenvalue weighted by molar-refractivity contribution is -0.142. The number of hydrogen-bond donors (Lipinski definition) is 1. The van der Waals surface area contributed by atoms with Crippen LogP contribution in [0.4, 0.5) is 0 Å². The number of benzene rings is 3. The smallest absolute Gasteiger partial charge is 0.261 e. The third kappa shape index (κ3) is 6.10. The second kappa shape index (κ2) is 9.86. The highest BCUT2D eigenvalue weighted by atomic mass is 16.5. The molecule has 0 aromatic heterocycles. The molecule has 5 nitrogen and oxygen atoms in total. The maximum atomic E-state index is 13.3. The van der Waals surface area contributed by atoms with E-state index in [2.05, 4.69) is 5.32 Å². The number of aryl methyl sites for hydroxylation is 1. The van der Waals surface area contributed by atoms with E-state index in [1.54, 1.807) is 11.8 Å². The molecular weight excluding hydrogens is 400 g/mol. The van der Waals surface area contributed by atoms with Crippen LogP contribution in [0.2, 0.25) is 0 Å². The first-order valence-corrected chi connectivity index (χ1v) is 10.9. The van der Waals surface area contributed by atoms with Crippen molar-refractivity contribution in [1.29, 1.82) is 0 Å². The average molecular weight is 433 g/mol. The van der Waals surface area contributed by atoms with Gasteiger partial charge in [0.15, 0.2) is 6.61 Å². The van der Waals surface area contributed by atoms with Crippen LogP contribution in [0.5, 0.6) is 5.75 Å². The Bertz CT molecular complexity index is 1080. The summed E-state index contributed by atoms with van der Waals surface area (Å²) in [6, 6.07) is 21.0. The summed E-state index contributed by atoms with van der Waals surface area (Å²) in [5.41, 5.74) is 1.72. The number of nitrogens with one attached hydrogen (secondary N) is 1. The molecule has 0 aliphatic carbocycles. The van der Waals surface area contributed by atoms with Crippen molar-refractivity contribution in [2.45, 2.75) is 52.7 Å². The highest BCUT2D eigenvalue weighted by molar-refractivity contribution is 5.90. The number of fused-ring (bicyclic) bond motifs is 1. The Morgan fingerprint density at radius 3 is 2.31 bits per heavy atom. The summed E-state index contributed by atoms with van der Waals surface area (Å²) in [6.07, 6.45) is 0. The van der Waals surface area contributed by atoms with Gasteiger partial charge < -0.3 is 15.0 Å². The van der Waals surface area contributed by atoms with Gasteiger partial charge >= 0.3 is 0 Å². The van der Waals surface area contributed by atoms with Gasteiger partial charge in [0.25, 0.3) is 5.91 Å². The molecular formula is C27H32N2O3. The fourth-order valence-corrected chi connectivity index (χ4v) is 3.49. The van der Waals surface area contributed by atoms with Crippen molar-refractivity contribution in [3.63, 3.8) is 0 Å². The molecule has 3 aromatic carbocycles. The minimum Gasteiger partial charge on any atom is -0.483 e. The van der Waals surface area contributed by atoms with Gasteiger partial charge in [-0.25, -0.2) is 0 Å². The summed E-state index contributed by atoms with van der Waals surface area (Å²) in [5.74, 6) is 0.219. The van der Waals surface area contributed by atoms with Gasteiger partial charge in [-0.2, -0.15) is 0 Å². The van der Waals surface area contributed by atoms with Crippen LogP contribution in [0.1, 0.15) is 38.8 Å². The normalized spacial score (nSPS) is 12.3. The van der Waals surface area contributed by atoms with Crippen molar-refractivity contribution in [3.8, 4) is 5.75 Å². The Morgan fingerprint density at radius 2 is 1.62 bits per heavy atom. The summed E-state index contributed by atoms with van der Waals surface area (Å²) >= 11 is 0. The van der Waals surface area contributed by atoms with E-state index < -0.39 is 6.04 Å². The van der Waals surface area contributed by atoms with Crippen molar-refractivity contribution in [3.05, 3.63) is 77.9 Å². The zero-order chi connectivity index (χ0) is 23.3. The summed E-state index contributed by atoms with van der Waals surface area (Å²) in [5, 5.41) is 4.97. The molecule has 3 aromatic rings. The molecule has 3 rings (SSSR count). The predicted octanol–water partition coefficient (Wildman–Crippen LogP) is 4.86. The molecule has 1 N–H and O–H groups in total. The van der Waals surface area contributed by atoms with E-state index in [1.165, 1.54) is 0 Å². The Kier molecular flexibility index (Phi) is 7.18. The Labute approximate surface area is 190 Å². The third-order valence-corrected chi connectivity index (χ3v) is 5.24. The highest BCUT2D eigenvalue weighted by Gasteiger charge is 2.28. The zero-order valence-electron chi connectivity index (χ0n) is 19.5. The van der Waals surface area contributed by atoms with Crippen molar-refractivity contribution in [1.82, 2.24) is 10.2 Å². The molecule has 0 bridgehead atoms. The van der Waals surface area contributed by atoms with Gasteiger partial charge in [-0.3, -0.25) is 9.59 Å². The Balaban J connectivity index is 1.80. The van der Waals surface area contributed by atoms with Crippen LogP contribution in [-0.4, -0.2) is 34.9 Å². The average Bonchev–Trinajstić information content (AvgIpc) is 2.75. The first kappa shape index (κ1) is 23.3. The summed E-state index contributed by atoms with van der Waals surface area (Å²) in [6.45, 7) is 9.73. The first-order chi connectivity index (χ1) is 15.1. The molecule has 2 amide bonds. The van der Waals surface area contributed by atoms with Gasteiger partial charge in [-0.15, -0.1) is 0 Å². The highest BCUT2D eigenvalue weighted by Crippen LogP contribution is 2.25.